The highest BCUT2D eigenvalue weighted by Gasteiger charge is 2.30. The van der Waals surface area contributed by atoms with Crippen LogP contribution in [-0.2, 0) is 16.2 Å². The summed E-state index contributed by atoms with van der Waals surface area (Å²) in [5.41, 5.74) is 1.45. The standard InChI is InChI=1S/C21H17Cl2IN2O4S/c1-3-29-17-9-12(6-13-19(27)25-21(31)26(2)20(13)28)8-16(24)18(17)30-10-11-4-5-14(22)15(23)7-11/h4-9H,3,10H2,1-2H3,(H,25,27,31)/b13-6+. The Labute approximate surface area is 208 Å². The molecule has 0 unspecified atom stereocenters. The molecule has 1 heterocycles. The summed E-state index contributed by atoms with van der Waals surface area (Å²) in [4.78, 5) is 25.9. The van der Waals surface area contributed by atoms with Crippen LogP contribution in [0, 0.1) is 3.57 Å². The SMILES string of the molecule is CCOc1cc(/C=C2\C(=O)NC(=S)N(C)C2=O)cc(I)c1OCc1ccc(Cl)c(Cl)c1. The number of amides is 2. The second-order valence-electron chi connectivity index (χ2n) is 6.48. The van der Waals surface area contributed by atoms with Crippen molar-refractivity contribution in [2.24, 2.45) is 0 Å². The molecule has 1 aliphatic rings. The number of carbonyl (C=O) groups excluding carboxylic acids is 2. The van der Waals surface area contributed by atoms with Crippen molar-refractivity contribution in [2.45, 2.75) is 13.5 Å². The first-order chi connectivity index (χ1) is 14.7. The Morgan fingerprint density at radius 1 is 1.16 bits per heavy atom. The minimum atomic E-state index is -0.541. The van der Waals surface area contributed by atoms with Crippen LogP contribution in [0.1, 0.15) is 18.1 Å². The number of likely N-dealkylation sites (N-methyl/N-ethyl adjacent to an activating group) is 1. The predicted molar refractivity (Wildman–Crippen MR) is 133 cm³/mol. The molecule has 10 heteroatoms. The van der Waals surface area contributed by atoms with Gasteiger partial charge in [-0.15, -0.1) is 0 Å². The molecule has 0 aliphatic carbocycles. The maximum Gasteiger partial charge on any atom is 0.265 e. The van der Waals surface area contributed by atoms with Crippen LogP contribution in [0.15, 0.2) is 35.9 Å². The summed E-state index contributed by atoms with van der Waals surface area (Å²) in [5.74, 6) is 0.0323. The number of halogens is 3. The van der Waals surface area contributed by atoms with Crippen LogP contribution in [0.5, 0.6) is 11.5 Å². The van der Waals surface area contributed by atoms with Gasteiger partial charge in [-0.25, -0.2) is 0 Å². The summed E-state index contributed by atoms with van der Waals surface area (Å²) >= 11 is 19.1. The van der Waals surface area contributed by atoms with Crippen molar-refractivity contribution < 1.29 is 19.1 Å². The van der Waals surface area contributed by atoms with E-state index in [-0.39, 0.29) is 17.3 Å². The summed E-state index contributed by atoms with van der Waals surface area (Å²) < 4.78 is 12.5. The lowest BCUT2D eigenvalue weighted by Crippen LogP contribution is -2.52. The molecule has 0 radical (unpaired) electrons. The van der Waals surface area contributed by atoms with Gasteiger partial charge < -0.3 is 9.47 Å². The lowest BCUT2D eigenvalue weighted by atomic mass is 10.1. The van der Waals surface area contributed by atoms with E-state index in [1.54, 1.807) is 24.3 Å². The van der Waals surface area contributed by atoms with E-state index in [2.05, 4.69) is 27.9 Å². The van der Waals surface area contributed by atoms with Gasteiger partial charge in [0, 0.05) is 7.05 Å². The number of nitrogens with one attached hydrogen (secondary N) is 1. The van der Waals surface area contributed by atoms with Gasteiger partial charge >= 0.3 is 0 Å². The maximum absolute atomic E-state index is 12.5. The molecule has 0 atom stereocenters. The van der Waals surface area contributed by atoms with E-state index in [1.807, 2.05) is 13.0 Å². The van der Waals surface area contributed by atoms with E-state index in [0.29, 0.717) is 33.7 Å². The lowest BCUT2D eigenvalue weighted by molar-refractivity contribution is -0.128. The van der Waals surface area contributed by atoms with Crippen molar-refractivity contribution in [3.8, 4) is 11.5 Å². The van der Waals surface area contributed by atoms with Gasteiger partial charge in [-0.2, -0.15) is 0 Å². The number of nitrogens with zero attached hydrogens (tertiary/aromatic N) is 1. The summed E-state index contributed by atoms with van der Waals surface area (Å²) in [6.07, 6.45) is 1.50. The molecule has 1 aliphatic heterocycles. The van der Waals surface area contributed by atoms with E-state index in [4.69, 9.17) is 44.9 Å². The van der Waals surface area contributed by atoms with Gasteiger partial charge in [-0.05, 0) is 83.2 Å². The largest absolute Gasteiger partial charge is 0.490 e. The smallest absolute Gasteiger partial charge is 0.265 e. The molecule has 6 nitrogen and oxygen atoms in total. The quantitative estimate of drug-likeness (QED) is 0.226. The first-order valence-corrected chi connectivity index (χ1v) is 11.3. The average molecular weight is 591 g/mol. The molecule has 1 fully saturated rings. The molecule has 0 bridgehead atoms. The van der Waals surface area contributed by atoms with Gasteiger partial charge in [0.1, 0.15) is 12.2 Å². The molecule has 0 aromatic heterocycles. The lowest BCUT2D eigenvalue weighted by Gasteiger charge is -2.25. The first kappa shape index (κ1) is 23.8. The highest BCUT2D eigenvalue weighted by atomic mass is 127. The zero-order chi connectivity index (χ0) is 22.7. The molecule has 0 spiro atoms. The monoisotopic (exact) mass is 590 g/mol. The molecule has 31 heavy (non-hydrogen) atoms. The Bertz CT molecular complexity index is 1110. The van der Waals surface area contributed by atoms with Crippen LogP contribution in [0.25, 0.3) is 6.08 Å². The molecule has 1 N–H and O–H groups in total. The summed E-state index contributed by atoms with van der Waals surface area (Å²) in [6, 6.07) is 8.80. The van der Waals surface area contributed by atoms with E-state index < -0.39 is 11.8 Å². The normalized spacial score (nSPS) is 15.3. The minimum Gasteiger partial charge on any atom is -0.490 e. The average Bonchev–Trinajstić information content (AvgIpc) is 2.72. The summed E-state index contributed by atoms with van der Waals surface area (Å²) in [7, 11) is 1.51. The molecule has 3 rings (SSSR count). The van der Waals surface area contributed by atoms with Gasteiger partial charge in [0.05, 0.1) is 20.2 Å². The van der Waals surface area contributed by atoms with Crippen molar-refractivity contribution in [3.05, 3.63) is 60.6 Å². The second kappa shape index (κ2) is 10.2. The van der Waals surface area contributed by atoms with Crippen molar-refractivity contribution in [1.82, 2.24) is 10.2 Å². The third-order valence-electron chi connectivity index (χ3n) is 4.31. The van der Waals surface area contributed by atoms with Crippen LogP contribution >= 0.6 is 58.0 Å². The fourth-order valence-corrected chi connectivity index (χ4v) is 4.05. The van der Waals surface area contributed by atoms with Gasteiger partial charge in [0.15, 0.2) is 16.6 Å². The zero-order valence-electron chi connectivity index (χ0n) is 16.5. The van der Waals surface area contributed by atoms with Gasteiger partial charge in [0.25, 0.3) is 11.8 Å². The fourth-order valence-electron chi connectivity index (χ4n) is 2.77. The molecular weight excluding hydrogens is 574 g/mol. The van der Waals surface area contributed by atoms with E-state index >= 15 is 0 Å². The fraction of sp³-hybridized carbons (Fsp3) is 0.190. The van der Waals surface area contributed by atoms with Crippen LogP contribution in [0.2, 0.25) is 10.0 Å². The first-order valence-electron chi connectivity index (χ1n) is 9.09. The zero-order valence-corrected chi connectivity index (χ0v) is 21.0. The molecule has 2 aromatic rings. The van der Waals surface area contributed by atoms with Crippen LogP contribution in [0.3, 0.4) is 0 Å². The van der Waals surface area contributed by atoms with E-state index in [1.165, 1.54) is 18.0 Å². The summed E-state index contributed by atoms with van der Waals surface area (Å²) in [6.45, 7) is 2.53. The van der Waals surface area contributed by atoms with Crippen molar-refractivity contribution >= 4 is 81.0 Å². The molecule has 1 saturated heterocycles. The van der Waals surface area contributed by atoms with Crippen LogP contribution < -0.4 is 14.8 Å². The minimum absolute atomic E-state index is 0.0150. The Hall–Kier alpha value is -1.88. The van der Waals surface area contributed by atoms with E-state index in [0.717, 1.165) is 9.13 Å². The molecule has 2 aromatic carbocycles. The topological polar surface area (TPSA) is 67.9 Å². The molecule has 0 saturated carbocycles. The van der Waals surface area contributed by atoms with Crippen LogP contribution in [-0.4, -0.2) is 35.5 Å². The van der Waals surface area contributed by atoms with E-state index in [9.17, 15) is 9.59 Å². The van der Waals surface area contributed by atoms with Crippen molar-refractivity contribution in [1.29, 1.82) is 0 Å². The third kappa shape index (κ3) is 5.49. The molecular formula is C21H17Cl2IN2O4S. The number of carbonyl (C=O) groups is 2. The number of benzene rings is 2. The summed E-state index contributed by atoms with van der Waals surface area (Å²) in [5, 5.41) is 3.49. The van der Waals surface area contributed by atoms with Gasteiger partial charge in [-0.1, -0.05) is 29.3 Å². The van der Waals surface area contributed by atoms with Crippen LogP contribution in [0.4, 0.5) is 0 Å². The van der Waals surface area contributed by atoms with Crippen molar-refractivity contribution in [2.75, 3.05) is 13.7 Å². The number of hydrogen-bond donors (Lipinski definition) is 1. The maximum atomic E-state index is 12.5. The van der Waals surface area contributed by atoms with Gasteiger partial charge in [0.2, 0.25) is 0 Å². The Morgan fingerprint density at radius 3 is 2.58 bits per heavy atom. The molecule has 2 amide bonds. The molecule has 162 valence electrons. The van der Waals surface area contributed by atoms with Gasteiger partial charge in [-0.3, -0.25) is 19.8 Å². The predicted octanol–water partition coefficient (Wildman–Crippen LogP) is 4.83. The second-order valence-corrected chi connectivity index (χ2v) is 8.84. The number of rotatable bonds is 6. The highest BCUT2D eigenvalue weighted by molar-refractivity contribution is 14.1. The number of ether oxygens (including phenoxy) is 2. The Kier molecular flexibility index (Phi) is 7.79. The third-order valence-corrected chi connectivity index (χ3v) is 6.23. The number of hydrogen-bond acceptors (Lipinski definition) is 5. The Morgan fingerprint density at radius 2 is 1.90 bits per heavy atom. The highest BCUT2D eigenvalue weighted by Crippen LogP contribution is 2.36. The Balaban J connectivity index is 1.91. The van der Waals surface area contributed by atoms with Crippen molar-refractivity contribution in [3.63, 3.8) is 0 Å². The number of thiocarbonyl (C=S) groups is 1.